The van der Waals surface area contributed by atoms with E-state index in [1.807, 2.05) is 36.4 Å². The van der Waals surface area contributed by atoms with Gasteiger partial charge < -0.3 is 10.0 Å². The normalized spacial score (nSPS) is 32.5. The van der Waals surface area contributed by atoms with Crippen molar-refractivity contribution in [1.82, 2.24) is 0 Å². The highest BCUT2D eigenvalue weighted by Crippen LogP contribution is 2.49. The number of amides is 1. The number of hydrogen-bond donors (Lipinski definition) is 1. The summed E-state index contributed by atoms with van der Waals surface area (Å²) >= 11 is 0. The number of benzene rings is 1. The van der Waals surface area contributed by atoms with Gasteiger partial charge in [0.2, 0.25) is 5.91 Å². The lowest BCUT2D eigenvalue weighted by Gasteiger charge is -2.28. The minimum absolute atomic E-state index is 0.01000. The molecule has 2 aliphatic carbocycles. The maximum atomic E-state index is 12.9. The van der Waals surface area contributed by atoms with Crippen molar-refractivity contribution >= 4 is 17.6 Å². The third-order valence-corrected chi connectivity index (χ3v) is 5.18. The molecule has 0 unspecified atom stereocenters. The Kier molecular flexibility index (Phi) is 2.67. The van der Waals surface area contributed by atoms with E-state index in [0.29, 0.717) is 6.54 Å². The van der Waals surface area contributed by atoms with E-state index >= 15 is 0 Å². The Labute approximate surface area is 123 Å². The second kappa shape index (κ2) is 4.45. The predicted molar refractivity (Wildman–Crippen MR) is 77.9 cm³/mol. The second-order valence-electron chi connectivity index (χ2n) is 6.21. The maximum Gasteiger partial charge on any atom is 0.307 e. The van der Waals surface area contributed by atoms with Crippen LogP contribution in [-0.4, -0.2) is 23.5 Å². The molecule has 1 N–H and O–H groups in total. The van der Waals surface area contributed by atoms with E-state index in [1.54, 1.807) is 4.90 Å². The number of para-hydroxylation sites is 1. The summed E-state index contributed by atoms with van der Waals surface area (Å²) in [6, 6.07) is 7.91. The highest BCUT2D eigenvalue weighted by Gasteiger charge is 2.53. The van der Waals surface area contributed by atoms with Gasteiger partial charge >= 0.3 is 5.97 Å². The monoisotopic (exact) mass is 283 g/mol. The smallest absolute Gasteiger partial charge is 0.307 e. The molecule has 4 rings (SSSR count). The Bertz CT molecular complexity index is 651. The summed E-state index contributed by atoms with van der Waals surface area (Å²) in [5, 5.41) is 9.49. The fraction of sp³-hybridized carbons (Fsp3) is 0.412. The average Bonchev–Trinajstić information content (AvgIpc) is 3.19. The van der Waals surface area contributed by atoms with Crippen LogP contribution in [0.5, 0.6) is 0 Å². The number of nitrogens with zero attached hydrogens (tertiary/aromatic N) is 1. The lowest BCUT2D eigenvalue weighted by Crippen LogP contribution is -2.42. The molecule has 1 amide bonds. The lowest BCUT2D eigenvalue weighted by molar-refractivity contribution is -0.147. The summed E-state index contributed by atoms with van der Waals surface area (Å²) in [6.07, 6.45) is 5.68. The molecule has 0 spiro atoms. The molecule has 108 valence electrons. The first-order valence-electron chi connectivity index (χ1n) is 7.47. The fourth-order valence-corrected chi connectivity index (χ4v) is 4.24. The summed E-state index contributed by atoms with van der Waals surface area (Å²) in [6.45, 7) is 0.669. The van der Waals surface area contributed by atoms with Crippen LogP contribution < -0.4 is 4.90 Å². The largest absolute Gasteiger partial charge is 0.481 e. The van der Waals surface area contributed by atoms with Gasteiger partial charge in [0.1, 0.15) is 0 Å². The number of rotatable bonds is 2. The number of hydrogen-bond acceptors (Lipinski definition) is 2. The third-order valence-electron chi connectivity index (χ3n) is 5.18. The van der Waals surface area contributed by atoms with Gasteiger partial charge in [0.15, 0.2) is 0 Å². The van der Waals surface area contributed by atoms with Crippen LogP contribution in [0.1, 0.15) is 12.0 Å². The Balaban J connectivity index is 1.67. The van der Waals surface area contributed by atoms with Crippen LogP contribution in [0.15, 0.2) is 36.4 Å². The van der Waals surface area contributed by atoms with Gasteiger partial charge in [0.25, 0.3) is 0 Å². The standard InChI is InChI=1S/C17H17NO3/c19-16(18-8-7-10-3-1-2-4-13(10)18)14-11-5-6-12(9-11)15(14)17(20)21/h1-6,11-12,14-15H,7-9H2,(H,20,21)/t11-,12-,14-,15+/m1/s1. The molecule has 1 aliphatic heterocycles. The van der Waals surface area contributed by atoms with Crippen LogP contribution >= 0.6 is 0 Å². The molecule has 2 bridgehead atoms. The molecule has 0 radical (unpaired) electrons. The summed E-state index contributed by atoms with van der Waals surface area (Å²) in [7, 11) is 0. The van der Waals surface area contributed by atoms with E-state index in [9.17, 15) is 14.7 Å². The first-order valence-corrected chi connectivity index (χ1v) is 7.47. The van der Waals surface area contributed by atoms with E-state index < -0.39 is 17.8 Å². The van der Waals surface area contributed by atoms with E-state index in [0.717, 1.165) is 18.5 Å². The maximum absolute atomic E-state index is 12.9. The molecule has 0 saturated heterocycles. The van der Waals surface area contributed by atoms with Crippen molar-refractivity contribution in [1.29, 1.82) is 0 Å². The van der Waals surface area contributed by atoms with Gasteiger partial charge in [-0.2, -0.15) is 0 Å². The van der Waals surface area contributed by atoms with Crippen LogP contribution in [0.2, 0.25) is 0 Å². The zero-order chi connectivity index (χ0) is 14.6. The SMILES string of the molecule is O=C(O)[C@@H]1[C@H](C(=O)N2CCc3ccccc32)[C@@H]2C=C[C@@H]1C2. The fourth-order valence-electron chi connectivity index (χ4n) is 4.24. The number of allylic oxidation sites excluding steroid dienone is 2. The van der Waals surface area contributed by atoms with E-state index in [4.69, 9.17) is 0 Å². The molecule has 1 saturated carbocycles. The molecule has 3 aliphatic rings. The summed E-state index contributed by atoms with van der Waals surface area (Å²) in [5.74, 6) is -1.68. The molecule has 1 aromatic rings. The molecule has 0 aromatic heterocycles. The molecule has 1 aromatic carbocycles. The highest BCUT2D eigenvalue weighted by molar-refractivity contribution is 5.99. The quantitative estimate of drug-likeness (QED) is 0.846. The number of carbonyl (C=O) groups excluding carboxylic acids is 1. The number of fused-ring (bicyclic) bond motifs is 3. The van der Waals surface area contributed by atoms with Gasteiger partial charge in [0.05, 0.1) is 11.8 Å². The predicted octanol–water partition coefficient (Wildman–Crippen LogP) is 2.10. The number of anilines is 1. The van der Waals surface area contributed by atoms with Gasteiger partial charge in [-0.15, -0.1) is 0 Å². The first-order chi connectivity index (χ1) is 10.2. The van der Waals surface area contributed by atoms with Crippen molar-refractivity contribution in [2.24, 2.45) is 23.7 Å². The van der Waals surface area contributed by atoms with Crippen LogP contribution in [0.4, 0.5) is 5.69 Å². The van der Waals surface area contributed by atoms with Gasteiger partial charge in [-0.3, -0.25) is 9.59 Å². The minimum Gasteiger partial charge on any atom is -0.481 e. The average molecular weight is 283 g/mol. The van der Waals surface area contributed by atoms with Crippen LogP contribution in [-0.2, 0) is 16.0 Å². The first kappa shape index (κ1) is 12.6. The Morgan fingerprint density at radius 2 is 1.81 bits per heavy atom. The summed E-state index contributed by atoms with van der Waals surface area (Å²) < 4.78 is 0. The zero-order valence-electron chi connectivity index (χ0n) is 11.6. The van der Waals surface area contributed by atoms with Crippen LogP contribution in [0.3, 0.4) is 0 Å². The number of carboxylic acid groups (broad SMARTS) is 1. The molecular formula is C17H17NO3. The number of carbonyl (C=O) groups is 2. The van der Waals surface area contributed by atoms with E-state index in [-0.39, 0.29) is 17.7 Å². The van der Waals surface area contributed by atoms with Gasteiger partial charge in [-0.25, -0.2) is 0 Å². The van der Waals surface area contributed by atoms with Crippen molar-refractivity contribution in [2.45, 2.75) is 12.8 Å². The highest BCUT2D eigenvalue weighted by atomic mass is 16.4. The molecule has 1 fully saturated rings. The van der Waals surface area contributed by atoms with Crippen LogP contribution in [0, 0.1) is 23.7 Å². The minimum atomic E-state index is -0.835. The molecule has 4 atom stereocenters. The third kappa shape index (κ3) is 1.75. The molecule has 4 nitrogen and oxygen atoms in total. The number of aliphatic carboxylic acids is 1. The van der Waals surface area contributed by atoms with Crippen LogP contribution in [0.25, 0.3) is 0 Å². The van der Waals surface area contributed by atoms with Gasteiger partial charge in [-0.05, 0) is 36.3 Å². The van der Waals surface area contributed by atoms with Crippen molar-refractivity contribution in [3.05, 3.63) is 42.0 Å². The molecular weight excluding hydrogens is 266 g/mol. The Morgan fingerprint density at radius 1 is 1.10 bits per heavy atom. The molecule has 1 heterocycles. The van der Waals surface area contributed by atoms with Crippen molar-refractivity contribution < 1.29 is 14.7 Å². The molecule has 4 heteroatoms. The lowest BCUT2D eigenvalue weighted by atomic mass is 9.82. The van der Waals surface area contributed by atoms with Crippen molar-refractivity contribution in [3.8, 4) is 0 Å². The van der Waals surface area contributed by atoms with E-state index in [2.05, 4.69) is 0 Å². The topological polar surface area (TPSA) is 57.6 Å². The van der Waals surface area contributed by atoms with Crippen molar-refractivity contribution in [2.75, 3.05) is 11.4 Å². The van der Waals surface area contributed by atoms with Gasteiger partial charge in [0, 0.05) is 12.2 Å². The zero-order valence-corrected chi connectivity index (χ0v) is 11.6. The summed E-state index contributed by atoms with van der Waals surface area (Å²) in [5.41, 5.74) is 2.13. The Hall–Kier alpha value is -2.10. The van der Waals surface area contributed by atoms with Gasteiger partial charge in [-0.1, -0.05) is 30.4 Å². The second-order valence-corrected chi connectivity index (χ2v) is 6.21. The number of carboxylic acids is 1. The van der Waals surface area contributed by atoms with Crippen molar-refractivity contribution in [3.63, 3.8) is 0 Å². The molecule has 21 heavy (non-hydrogen) atoms. The summed E-state index contributed by atoms with van der Waals surface area (Å²) in [4.78, 5) is 26.3. The Morgan fingerprint density at radius 3 is 2.57 bits per heavy atom. The van der Waals surface area contributed by atoms with E-state index in [1.165, 1.54) is 5.56 Å².